The van der Waals surface area contributed by atoms with Gasteiger partial charge < -0.3 is 10.5 Å². The summed E-state index contributed by atoms with van der Waals surface area (Å²) in [7, 11) is 0. The summed E-state index contributed by atoms with van der Waals surface area (Å²) >= 11 is 2.29. The fraction of sp³-hybridized carbons (Fsp3) is 0.333. The summed E-state index contributed by atoms with van der Waals surface area (Å²) in [5.74, 6) is 0.965. The molecule has 2 rings (SSSR count). The van der Waals surface area contributed by atoms with Gasteiger partial charge in [-0.3, -0.25) is 0 Å². The zero-order valence-corrected chi connectivity index (χ0v) is 8.96. The third-order valence-electron chi connectivity index (χ3n) is 2.10. The lowest BCUT2D eigenvalue weighted by molar-refractivity contribution is 0.333. The Morgan fingerprint density at radius 2 is 2.33 bits per heavy atom. The molecule has 0 radical (unpaired) electrons. The molecular weight excluding hydrogens is 265 g/mol. The van der Waals surface area contributed by atoms with E-state index in [-0.39, 0.29) is 6.04 Å². The first kappa shape index (κ1) is 8.31. The van der Waals surface area contributed by atoms with Gasteiger partial charge in [0.2, 0.25) is 0 Å². The van der Waals surface area contributed by atoms with Crippen molar-refractivity contribution in [2.45, 2.75) is 13.0 Å². The molecule has 0 bridgehead atoms. The van der Waals surface area contributed by atoms with E-state index in [0.29, 0.717) is 6.61 Å². The molecule has 0 fully saturated rings. The summed E-state index contributed by atoms with van der Waals surface area (Å²) in [4.78, 5) is 0. The summed E-state index contributed by atoms with van der Waals surface area (Å²) in [5.41, 5.74) is 8.28. The molecule has 0 spiro atoms. The van der Waals surface area contributed by atoms with Crippen molar-refractivity contribution in [1.82, 2.24) is 0 Å². The molecule has 1 aromatic carbocycles. The highest BCUT2D eigenvalue weighted by Crippen LogP contribution is 2.34. The molecule has 0 aliphatic carbocycles. The Bertz CT molecular complexity index is 325. The van der Waals surface area contributed by atoms with E-state index in [9.17, 15) is 0 Å². The first-order valence-corrected chi connectivity index (χ1v) is 4.95. The summed E-state index contributed by atoms with van der Waals surface area (Å²) < 4.78 is 6.65. The second-order valence-corrected chi connectivity index (χ2v) is 4.30. The lowest BCUT2D eigenvalue weighted by atomic mass is 10.0. The van der Waals surface area contributed by atoms with Gasteiger partial charge in [-0.05, 0) is 47.2 Å². The van der Waals surface area contributed by atoms with Gasteiger partial charge in [0.05, 0.1) is 6.04 Å². The molecule has 1 atom stereocenters. The molecule has 12 heavy (non-hydrogen) atoms. The number of rotatable bonds is 0. The van der Waals surface area contributed by atoms with Gasteiger partial charge in [-0.15, -0.1) is 0 Å². The van der Waals surface area contributed by atoms with Crippen LogP contribution in [0.5, 0.6) is 5.75 Å². The van der Waals surface area contributed by atoms with E-state index in [1.165, 1.54) is 14.7 Å². The van der Waals surface area contributed by atoms with Crippen LogP contribution in [0.25, 0.3) is 0 Å². The monoisotopic (exact) mass is 275 g/mol. The normalized spacial score (nSPS) is 20.4. The lowest BCUT2D eigenvalue weighted by Crippen LogP contribution is -2.11. The minimum atomic E-state index is 0.0667. The predicted molar refractivity (Wildman–Crippen MR) is 56.3 cm³/mol. The Morgan fingerprint density at radius 3 is 3.08 bits per heavy atom. The van der Waals surface area contributed by atoms with Crippen LogP contribution in [0.15, 0.2) is 12.1 Å². The van der Waals surface area contributed by atoms with Crippen LogP contribution < -0.4 is 10.5 Å². The summed E-state index contributed by atoms with van der Waals surface area (Å²) in [6, 6.07) is 4.24. The quantitative estimate of drug-likeness (QED) is 0.735. The van der Waals surface area contributed by atoms with E-state index >= 15 is 0 Å². The number of hydrogen-bond acceptors (Lipinski definition) is 2. The van der Waals surface area contributed by atoms with Crippen LogP contribution in [0.2, 0.25) is 0 Å². The standard InChI is InChI=1S/C9H10INO/c1-5-2-6(10)3-8-9(5)7(11)4-12-8/h2-3,7H,4,11H2,1H3/t7-/m0/s1. The van der Waals surface area contributed by atoms with E-state index in [2.05, 4.69) is 35.6 Å². The minimum absolute atomic E-state index is 0.0667. The Labute approximate surface area is 85.2 Å². The van der Waals surface area contributed by atoms with E-state index in [4.69, 9.17) is 10.5 Å². The highest BCUT2D eigenvalue weighted by Gasteiger charge is 2.22. The number of aryl methyl sites for hydroxylation is 1. The number of nitrogens with two attached hydrogens (primary N) is 1. The van der Waals surface area contributed by atoms with Crippen LogP contribution in [-0.2, 0) is 0 Å². The highest BCUT2D eigenvalue weighted by molar-refractivity contribution is 14.1. The van der Waals surface area contributed by atoms with Crippen molar-refractivity contribution in [3.63, 3.8) is 0 Å². The summed E-state index contributed by atoms with van der Waals surface area (Å²) in [6.45, 7) is 2.70. The molecule has 2 N–H and O–H groups in total. The minimum Gasteiger partial charge on any atom is -0.491 e. The smallest absolute Gasteiger partial charge is 0.125 e. The van der Waals surface area contributed by atoms with Crippen LogP contribution in [0.3, 0.4) is 0 Å². The maximum Gasteiger partial charge on any atom is 0.125 e. The Morgan fingerprint density at radius 1 is 1.58 bits per heavy atom. The van der Waals surface area contributed by atoms with Crippen molar-refractivity contribution < 1.29 is 4.74 Å². The first-order valence-electron chi connectivity index (χ1n) is 3.87. The zero-order chi connectivity index (χ0) is 8.72. The molecule has 3 heteroatoms. The van der Waals surface area contributed by atoms with Crippen molar-refractivity contribution in [3.05, 3.63) is 26.8 Å². The van der Waals surface area contributed by atoms with Crippen LogP contribution >= 0.6 is 22.6 Å². The molecule has 1 aliphatic heterocycles. The lowest BCUT2D eigenvalue weighted by Gasteiger charge is -2.05. The maximum absolute atomic E-state index is 5.87. The second kappa shape index (κ2) is 2.88. The Balaban J connectivity index is 2.60. The number of benzene rings is 1. The number of fused-ring (bicyclic) bond motifs is 1. The van der Waals surface area contributed by atoms with E-state index in [0.717, 1.165) is 5.75 Å². The van der Waals surface area contributed by atoms with E-state index < -0.39 is 0 Å². The van der Waals surface area contributed by atoms with Crippen LogP contribution in [0.1, 0.15) is 17.2 Å². The molecule has 0 saturated heterocycles. The van der Waals surface area contributed by atoms with Gasteiger partial charge in [0.15, 0.2) is 0 Å². The fourth-order valence-corrected chi connectivity index (χ4v) is 2.33. The molecule has 64 valence electrons. The van der Waals surface area contributed by atoms with Crippen molar-refractivity contribution in [3.8, 4) is 5.75 Å². The molecule has 2 nitrogen and oxygen atoms in total. The fourth-order valence-electron chi connectivity index (χ4n) is 1.58. The van der Waals surface area contributed by atoms with Gasteiger partial charge in [0.25, 0.3) is 0 Å². The predicted octanol–water partition coefficient (Wildman–Crippen LogP) is 1.99. The van der Waals surface area contributed by atoms with Crippen molar-refractivity contribution in [2.75, 3.05) is 6.61 Å². The van der Waals surface area contributed by atoms with E-state index in [1.807, 2.05) is 6.07 Å². The Hall–Kier alpha value is -0.290. The van der Waals surface area contributed by atoms with Gasteiger partial charge in [-0.25, -0.2) is 0 Å². The zero-order valence-electron chi connectivity index (χ0n) is 6.80. The third-order valence-corrected chi connectivity index (χ3v) is 2.73. The van der Waals surface area contributed by atoms with Crippen molar-refractivity contribution >= 4 is 22.6 Å². The number of hydrogen-bond donors (Lipinski definition) is 1. The molecular formula is C9H10INO. The molecule has 1 aromatic rings. The molecule has 0 saturated carbocycles. The molecule has 0 unspecified atom stereocenters. The first-order chi connectivity index (χ1) is 5.68. The van der Waals surface area contributed by atoms with Crippen LogP contribution in [0, 0.1) is 10.5 Å². The molecule has 0 amide bonds. The number of ether oxygens (including phenoxy) is 1. The summed E-state index contributed by atoms with van der Waals surface area (Å²) in [5, 5.41) is 0. The van der Waals surface area contributed by atoms with Gasteiger partial charge in [0, 0.05) is 9.13 Å². The second-order valence-electron chi connectivity index (χ2n) is 3.05. The number of halogens is 1. The molecule has 0 aromatic heterocycles. The Kier molecular flexibility index (Phi) is 2.00. The van der Waals surface area contributed by atoms with Gasteiger partial charge in [0.1, 0.15) is 12.4 Å². The average molecular weight is 275 g/mol. The topological polar surface area (TPSA) is 35.2 Å². The molecule has 1 heterocycles. The van der Waals surface area contributed by atoms with Gasteiger partial charge in [-0.2, -0.15) is 0 Å². The third kappa shape index (κ3) is 1.21. The average Bonchev–Trinajstić information content (AvgIpc) is 2.31. The largest absolute Gasteiger partial charge is 0.491 e. The van der Waals surface area contributed by atoms with Gasteiger partial charge >= 0.3 is 0 Å². The van der Waals surface area contributed by atoms with Crippen molar-refractivity contribution in [2.24, 2.45) is 5.73 Å². The van der Waals surface area contributed by atoms with Crippen LogP contribution in [-0.4, -0.2) is 6.61 Å². The van der Waals surface area contributed by atoms with Gasteiger partial charge in [-0.1, -0.05) is 0 Å². The SMILES string of the molecule is Cc1cc(I)cc2c1[C@@H](N)CO2. The van der Waals surface area contributed by atoms with Crippen LogP contribution in [0.4, 0.5) is 0 Å². The maximum atomic E-state index is 5.87. The molecule has 1 aliphatic rings. The highest BCUT2D eigenvalue weighted by atomic mass is 127. The van der Waals surface area contributed by atoms with E-state index in [1.54, 1.807) is 0 Å². The van der Waals surface area contributed by atoms with Crippen molar-refractivity contribution in [1.29, 1.82) is 0 Å². The summed E-state index contributed by atoms with van der Waals surface area (Å²) in [6.07, 6.45) is 0.